The molecule has 0 fully saturated rings. The van der Waals surface area contributed by atoms with Crippen LogP contribution in [0.4, 0.5) is 0 Å². The van der Waals surface area contributed by atoms with E-state index in [-0.39, 0.29) is 34.3 Å². The Morgan fingerprint density at radius 2 is 1.30 bits per heavy atom. The Kier molecular flexibility index (Phi) is 3.42. The molecule has 3 rings (SSSR count). The van der Waals surface area contributed by atoms with E-state index in [1.165, 1.54) is 42.5 Å². The lowest BCUT2D eigenvalue weighted by Crippen LogP contribution is -1.81. The normalized spacial score (nSPS) is 10.6. The average Bonchev–Trinajstić information content (AvgIpc) is 2.97. The Balaban J connectivity index is 2.12. The number of hydrogen-bond acceptors (Lipinski definition) is 6. The molecule has 0 atom stereocenters. The monoisotopic (exact) mass is 312 g/mol. The minimum atomic E-state index is -0.334. The van der Waals surface area contributed by atoms with Crippen molar-refractivity contribution in [2.45, 2.75) is 0 Å². The molecule has 1 heterocycles. The van der Waals surface area contributed by atoms with Crippen molar-refractivity contribution in [1.82, 2.24) is 0 Å². The number of furan rings is 1. The van der Waals surface area contributed by atoms with Crippen LogP contribution >= 0.6 is 0 Å². The largest absolute Gasteiger partial charge is 0.504 e. The maximum absolute atomic E-state index is 11.3. The van der Waals surface area contributed by atoms with Crippen LogP contribution in [0.25, 0.3) is 22.6 Å². The Labute approximate surface area is 130 Å². The molecule has 0 amide bonds. The molecule has 6 nitrogen and oxygen atoms in total. The van der Waals surface area contributed by atoms with Crippen LogP contribution in [0, 0.1) is 0 Å². The first-order valence-corrected chi connectivity index (χ1v) is 6.63. The number of hydrogen-bond donors (Lipinski definition) is 4. The van der Waals surface area contributed by atoms with Crippen LogP contribution in [0.15, 0.2) is 46.9 Å². The van der Waals surface area contributed by atoms with Crippen molar-refractivity contribution in [2.75, 3.05) is 0 Å². The summed E-state index contributed by atoms with van der Waals surface area (Å²) in [5.41, 5.74) is 1.13. The molecule has 0 bridgehead atoms. The Morgan fingerprint density at radius 1 is 0.739 bits per heavy atom. The quantitative estimate of drug-likeness (QED) is 0.436. The number of rotatable bonds is 3. The van der Waals surface area contributed by atoms with E-state index in [0.29, 0.717) is 23.2 Å². The molecule has 0 aliphatic carbocycles. The highest BCUT2D eigenvalue weighted by atomic mass is 16.3. The number of aldehydes is 1. The molecule has 6 heteroatoms. The van der Waals surface area contributed by atoms with E-state index in [9.17, 15) is 25.2 Å². The van der Waals surface area contributed by atoms with Crippen LogP contribution in [-0.2, 0) is 0 Å². The van der Waals surface area contributed by atoms with Crippen molar-refractivity contribution in [3.63, 3.8) is 0 Å². The first-order valence-electron chi connectivity index (χ1n) is 6.63. The van der Waals surface area contributed by atoms with Gasteiger partial charge < -0.3 is 24.8 Å². The first kappa shape index (κ1) is 14.5. The van der Waals surface area contributed by atoms with Gasteiger partial charge in [0.25, 0.3) is 0 Å². The second kappa shape index (κ2) is 5.42. The zero-order valence-corrected chi connectivity index (χ0v) is 11.7. The maximum Gasteiger partial charge on any atom is 0.158 e. The summed E-state index contributed by atoms with van der Waals surface area (Å²) in [5.74, 6) is -0.658. The summed E-state index contributed by atoms with van der Waals surface area (Å²) < 4.78 is 5.65. The Bertz CT molecular complexity index is 894. The summed E-state index contributed by atoms with van der Waals surface area (Å²) in [4.78, 5) is 11.3. The second-order valence-corrected chi connectivity index (χ2v) is 4.92. The number of carbonyl (C=O) groups excluding carboxylic acids is 1. The SMILES string of the molecule is O=Cc1cc(-c2ccc(O)c(O)c2)oc1-c1ccc(O)c(O)c1. The van der Waals surface area contributed by atoms with Crippen LogP contribution in [-0.4, -0.2) is 26.7 Å². The summed E-state index contributed by atoms with van der Waals surface area (Å²) in [6, 6.07) is 9.69. The van der Waals surface area contributed by atoms with Crippen molar-refractivity contribution in [2.24, 2.45) is 0 Å². The van der Waals surface area contributed by atoms with Gasteiger partial charge in [-0.15, -0.1) is 0 Å². The number of phenolic OH excluding ortho intramolecular Hbond substituents is 4. The van der Waals surface area contributed by atoms with Gasteiger partial charge in [0.05, 0.1) is 5.56 Å². The van der Waals surface area contributed by atoms with Crippen molar-refractivity contribution in [3.05, 3.63) is 48.0 Å². The van der Waals surface area contributed by atoms with E-state index in [2.05, 4.69) is 0 Å². The smallest absolute Gasteiger partial charge is 0.158 e. The van der Waals surface area contributed by atoms with Gasteiger partial charge in [-0.25, -0.2) is 0 Å². The van der Waals surface area contributed by atoms with Gasteiger partial charge in [-0.05, 0) is 42.5 Å². The van der Waals surface area contributed by atoms with Crippen LogP contribution in [0.2, 0.25) is 0 Å². The number of phenols is 4. The molecular weight excluding hydrogens is 300 g/mol. The fourth-order valence-corrected chi connectivity index (χ4v) is 2.20. The van der Waals surface area contributed by atoms with Crippen molar-refractivity contribution in [1.29, 1.82) is 0 Å². The molecule has 0 unspecified atom stereocenters. The van der Waals surface area contributed by atoms with E-state index in [1.807, 2.05) is 0 Å². The zero-order valence-electron chi connectivity index (χ0n) is 11.7. The van der Waals surface area contributed by atoms with E-state index in [4.69, 9.17) is 4.42 Å². The second-order valence-electron chi connectivity index (χ2n) is 4.92. The third-order valence-electron chi connectivity index (χ3n) is 3.39. The van der Waals surface area contributed by atoms with Gasteiger partial charge in [0.1, 0.15) is 11.5 Å². The highest BCUT2D eigenvalue weighted by Gasteiger charge is 2.16. The minimum absolute atomic E-state index is 0.220. The van der Waals surface area contributed by atoms with Crippen LogP contribution in [0.1, 0.15) is 10.4 Å². The van der Waals surface area contributed by atoms with Crippen molar-refractivity contribution >= 4 is 6.29 Å². The zero-order chi connectivity index (χ0) is 16.6. The standard InChI is InChI=1S/C17H12O6/c18-8-11-7-16(9-1-3-12(19)14(21)5-9)23-17(11)10-2-4-13(20)15(22)6-10/h1-8,19-22H. The third-order valence-corrected chi connectivity index (χ3v) is 3.39. The summed E-state index contributed by atoms with van der Waals surface area (Å²) in [7, 11) is 0. The van der Waals surface area contributed by atoms with E-state index < -0.39 is 0 Å². The highest BCUT2D eigenvalue weighted by Crippen LogP contribution is 2.37. The lowest BCUT2D eigenvalue weighted by Gasteiger charge is -2.02. The fourth-order valence-electron chi connectivity index (χ4n) is 2.20. The van der Waals surface area contributed by atoms with Crippen LogP contribution in [0.3, 0.4) is 0 Å². The molecule has 1 aromatic heterocycles. The molecular formula is C17H12O6. The molecule has 0 saturated carbocycles. The molecule has 0 spiro atoms. The van der Waals surface area contributed by atoms with E-state index in [1.54, 1.807) is 0 Å². The summed E-state index contributed by atoms with van der Waals surface area (Å²) >= 11 is 0. The minimum Gasteiger partial charge on any atom is -0.504 e. The van der Waals surface area contributed by atoms with Gasteiger partial charge in [0, 0.05) is 11.1 Å². The summed E-state index contributed by atoms with van der Waals surface area (Å²) in [5, 5.41) is 37.8. The van der Waals surface area contributed by atoms with Crippen LogP contribution in [0.5, 0.6) is 23.0 Å². The predicted octanol–water partition coefficient (Wildman–Crippen LogP) is 3.25. The molecule has 0 aliphatic heterocycles. The fraction of sp³-hybridized carbons (Fsp3) is 0. The van der Waals surface area contributed by atoms with Gasteiger partial charge in [0.15, 0.2) is 29.3 Å². The lowest BCUT2D eigenvalue weighted by atomic mass is 10.1. The molecule has 3 aromatic rings. The van der Waals surface area contributed by atoms with Crippen molar-refractivity contribution in [3.8, 4) is 45.6 Å². The molecule has 0 radical (unpaired) electrons. The first-order chi connectivity index (χ1) is 11.0. The maximum atomic E-state index is 11.3. The Hall–Kier alpha value is -3.41. The van der Waals surface area contributed by atoms with E-state index in [0.717, 1.165) is 0 Å². The molecule has 2 aromatic carbocycles. The Morgan fingerprint density at radius 3 is 1.87 bits per heavy atom. The molecule has 4 N–H and O–H groups in total. The average molecular weight is 312 g/mol. The van der Waals surface area contributed by atoms with Gasteiger partial charge in [-0.1, -0.05) is 0 Å². The molecule has 116 valence electrons. The summed E-state index contributed by atoms with van der Waals surface area (Å²) in [6.07, 6.45) is 0.604. The highest BCUT2D eigenvalue weighted by molar-refractivity contribution is 5.88. The van der Waals surface area contributed by atoms with Gasteiger partial charge in [-0.3, -0.25) is 4.79 Å². The van der Waals surface area contributed by atoms with E-state index >= 15 is 0 Å². The van der Waals surface area contributed by atoms with Gasteiger partial charge >= 0.3 is 0 Å². The molecule has 0 saturated heterocycles. The predicted molar refractivity (Wildman–Crippen MR) is 81.6 cm³/mol. The lowest BCUT2D eigenvalue weighted by molar-refractivity contribution is 0.112. The summed E-state index contributed by atoms with van der Waals surface area (Å²) in [6.45, 7) is 0. The number of aromatic hydroxyl groups is 4. The molecule has 0 aliphatic rings. The number of benzene rings is 2. The molecule has 23 heavy (non-hydrogen) atoms. The third kappa shape index (κ3) is 2.57. The van der Waals surface area contributed by atoms with Crippen molar-refractivity contribution < 1.29 is 29.6 Å². The van der Waals surface area contributed by atoms with Gasteiger partial charge in [0.2, 0.25) is 0 Å². The van der Waals surface area contributed by atoms with Crippen LogP contribution < -0.4 is 0 Å². The number of carbonyl (C=O) groups is 1. The van der Waals surface area contributed by atoms with Gasteiger partial charge in [-0.2, -0.15) is 0 Å². The topological polar surface area (TPSA) is 111 Å².